The largest absolute Gasteiger partial charge is 0.379 e. The number of aryl methyl sites for hydroxylation is 1. The minimum atomic E-state index is 0.453. The molecule has 4 heterocycles. The van der Waals surface area contributed by atoms with Crippen molar-refractivity contribution in [3.8, 4) is 0 Å². The van der Waals surface area contributed by atoms with E-state index < -0.39 is 0 Å². The molecule has 4 rings (SSSR count). The Labute approximate surface area is 176 Å². The quantitative estimate of drug-likeness (QED) is 0.563. The molecule has 7 heteroatoms. The second-order valence-electron chi connectivity index (χ2n) is 7.13. The molecule has 0 unspecified atom stereocenters. The van der Waals surface area contributed by atoms with E-state index >= 15 is 0 Å². The highest BCUT2D eigenvalue weighted by atomic mass is 35.5. The molecule has 0 spiro atoms. The molecule has 1 fully saturated rings. The molecule has 0 radical (unpaired) electrons. The molecule has 6 nitrogen and oxygen atoms in total. The molecule has 0 saturated carbocycles. The summed E-state index contributed by atoms with van der Waals surface area (Å²) in [6.45, 7) is 12.2. The molecular weight excluding hydrogens is 386 g/mol. The number of pyridine rings is 2. The van der Waals surface area contributed by atoms with Crippen molar-refractivity contribution in [2.75, 3.05) is 26.3 Å². The zero-order valence-corrected chi connectivity index (χ0v) is 17.5. The maximum Gasteiger partial charge on any atom is 0.129 e. The molecule has 2 aliphatic heterocycles. The normalized spacial score (nSPS) is 18.5. The summed E-state index contributed by atoms with van der Waals surface area (Å²) in [6, 6.07) is 4.01. The van der Waals surface area contributed by atoms with Gasteiger partial charge in [0.25, 0.3) is 0 Å². The van der Waals surface area contributed by atoms with Crippen LogP contribution in [-0.4, -0.2) is 52.9 Å². The summed E-state index contributed by atoms with van der Waals surface area (Å²) in [5.74, 6) is 0. The van der Waals surface area contributed by atoms with E-state index in [9.17, 15) is 0 Å². The molecule has 0 N–H and O–H groups in total. The number of ether oxygens (including phenoxy) is 1. The lowest BCUT2D eigenvalue weighted by Gasteiger charge is -2.31. The van der Waals surface area contributed by atoms with E-state index in [-0.39, 0.29) is 0 Å². The fourth-order valence-corrected chi connectivity index (χ4v) is 3.97. The van der Waals surface area contributed by atoms with Gasteiger partial charge in [0.05, 0.1) is 30.3 Å². The molecule has 0 aromatic carbocycles. The van der Waals surface area contributed by atoms with Crippen LogP contribution in [0.4, 0.5) is 0 Å². The number of halogens is 1. The summed E-state index contributed by atoms with van der Waals surface area (Å²) in [7, 11) is 0. The monoisotopic (exact) mass is 409 g/mol. The average Bonchev–Trinajstić information content (AvgIpc) is 2.73. The van der Waals surface area contributed by atoms with Gasteiger partial charge in [-0.05, 0) is 37.6 Å². The lowest BCUT2D eigenvalue weighted by Crippen LogP contribution is -2.35. The van der Waals surface area contributed by atoms with E-state index in [0.29, 0.717) is 5.15 Å². The Hall–Kier alpha value is -2.54. The van der Waals surface area contributed by atoms with Crippen molar-refractivity contribution in [3.63, 3.8) is 0 Å². The van der Waals surface area contributed by atoms with Gasteiger partial charge in [-0.15, -0.1) is 0 Å². The number of hydrazone groups is 1. The van der Waals surface area contributed by atoms with Crippen molar-refractivity contribution >= 4 is 35.8 Å². The van der Waals surface area contributed by atoms with E-state index in [1.54, 1.807) is 6.20 Å². The number of allylic oxidation sites excluding steroid dienone is 1. The Balaban J connectivity index is 1.70. The maximum atomic E-state index is 6.12. The zero-order chi connectivity index (χ0) is 20.4. The van der Waals surface area contributed by atoms with Gasteiger partial charge in [-0.25, -0.2) is 9.99 Å². The molecule has 2 aliphatic rings. The van der Waals surface area contributed by atoms with Gasteiger partial charge in [0, 0.05) is 55.4 Å². The van der Waals surface area contributed by atoms with Crippen LogP contribution in [0.5, 0.6) is 0 Å². The number of hydrogen-bond acceptors (Lipinski definition) is 6. The highest BCUT2D eigenvalue weighted by molar-refractivity contribution is 6.29. The second-order valence-corrected chi connectivity index (χ2v) is 7.52. The van der Waals surface area contributed by atoms with Crippen molar-refractivity contribution in [2.45, 2.75) is 20.4 Å². The fraction of sp³-hybridized carbons (Fsp3) is 0.318. The van der Waals surface area contributed by atoms with Crippen LogP contribution in [-0.2, 0) is 11.3 Å². The second kappa shape index (κ2) is 8.45. The van der Waals surface area contributed by atoms with Crippen LogP contribution >= 0.6 is 11.6 Å². The summed E-state index contributed by atoms with van der Waals surface area (Å²) in [5.41, 5.74) is 7.04. The number of aromatic nitrogens is 2. The summed E-state index contributed by atoms with van der Waals surface area (Å²) < 4.78 is 5.43. The number of morpholine rings is 1. The number of rotatable bonds is 4. The Morgan fingerprint density at radius 1 is 1.21 bits per heavy atom. The molecule has 1 saturated heterocycles. The molecular formula is C22H24ClN5O. The third-order valence-corrected chi connectivity index (χ3v) is 5.48. The number of fused-ring (bicyclic) bond motifs is 1. The van der Waals surface area contributed by atoms with Gasteiger partial charge in [-0.2, -0.15) is 5.10 Å². The van der Waals surface area contributed by atoms with Crippen LogP contribution in [0.3, 0.4) is 0 Å². The van der Waals surface area contributed by atoms with E-state index in [1.807, 2.05) is 30.3 Å². The topological polar surface area (TPSA) is 53.9 Å². The summed E-state index contributed by atoms with van der Waals surface area (Å²) >= 11 is 6.12. The summed E-state index contributed by atoms with van der Waals surface area (Å²) in [6.07, 6.45) is 7.78. The SMILES string of the molecule is C=NN1C(c2cnc(CN3CCOCC3)cc2C)=Cc2cnc(Cl)cc2/C1=C/C. The van der Waals surface area contributed by atoms with Gasteiger partial charge in [0.1, 0.15) is 5.15 Å². The van der Waals surface area contributed by atoms with E-state index in [2.05, 4.69) is 40.8 Å². The minimum absolute atomic E-state index is 0.453. The first-order valence-corrected chi connectivity index (χ1v) is 10.0. The molecule has 150 valence electrons. The van der Waals surface area contributed by atoms with Crippen molar-refractivity contribution in [1.29, 1.82) is 0 Å². The van der Waals surface area contributed by atoms with E-state index in [4.69, 9.17) is 21.3 Å². The van der Waals surface area contributed by atoms with Gasteiger partial charge in [0.15, 0.2) is 0 Å². The first-order valence-electron chi connectivity index (χ1n) is 9.67. The van der Waals surface area contributed by atoms with E-state index in [0.717, 1.165) is 72.2 Å². The lowest BCUT2D eigenvalue weighted by molar-refractivity contribution is 0.0336. The lowest BCUT2D eigenvalue weighted by atomic mass is 9.96. The summed E-state index contributed by atoms with van der Waals surface area (Å²) in [4.78, 5) is 11.3. The summed E-state index contributed by atoms with van der Waals surface area (Å²) in [5, 5.41) is 6.57. The van der Waals surface area contributed by atoms with Crippen LogP contribution < -0.4 is 0 Å². The number of nitrogens with zero attached hydrogens (tertiary/aromatic N) is 5. The molecule has 0 atom stereocenters. The molecule has 29 heavy (non-hydrogen) atoms. The van der Waals surface area contributed by atoms with Crippen LogP contribution in [0.15, 0.2) is 35.7 Å². The van der Waals surface area contributed by atoms with Gasteiger partial charge in [-0.1, -0.05) is 17.7 Å². The van der Waals surface area contributed by atoms with Gasteiger partial charge < -0.3 is 4.74 Å². The van der Waals surface area contributed by atoms with Gasteiger partial charge in [0.2, 0.25) is 0 Å². The average molecular weight is 410 g/mol. The molecule has 0 aliphatic carbocycles. The zero-order valence-electron chi connectivity index (χ0n) is 16.7. The van der Waals surface area contributed by atoms with Crippen molar-refractivity contribution in [2.24, 2.45) is 5.10 Å². The maximum absolute atomic E-state index is 6.12. The molecule has 0 amide bonds. The molecule has 2 aromatic rings. The van der Waals surface area contributed by atoms with E-state index in [1.165, 1.54) is 0 Å². The Morgan fingerprint density at radius 3 is 2.69 bits per heavy atom. The third kappa shape index (κ3) is 3.96. The predicted octanol–water partition coefficient (Wildman–Crippen LogP) is 4.06. The predicted molar refractivity (Wildman–Crippen MR) is 117 cm³/mol. The van der Waals surface area contributed by atoms with Crippen molar-refractivity contribution in [3.05, 3.63) is 63.7 Å². The minimum Gasteiger partial charge on any atom is -0.379 e. The Kier molecular flexibility index (Phi) is 5.76. The van der Waals surface area contributed by atoms with Crippen LogP contribution in [0.2, 0.25) is 5.15 Å². The smallest absolute Gasteiger partial charge is 0.129 e. The van der Waals surface area contributed by atoms with Gasteiger partial charge in [-0.3, -0.25) is 9.88 Å². The Bertz CT molecular complexity index is 995. The number of hydrogen-bond donors (Lipinski definition) is 0. The van der Waals surface area contributed by atoms with Crippen molar-refractivity contribution < 1.29 is 4.74 Å². The highest BCUT2D eigenvalue weighted by Crippen LogP contribution is 2.39. The third-order valence-electron chi connectivity index (χ3n) is 5.27. The highest BCUT2D eigenvalue weighted by Gasteiger charge is 2.25. The van der Waals surface area contributed by atoms with Crippen molar-refractivity contribution in [1.82, 2.24) is 19.9 Å². The first-order chi connectivity index (χ1) is 14.1. The van der Waals surface area contributed by atoms with Crippen LogP contribution in [0.25, 0.3) is 17.5 Å². The fourth-order valence-electron chi connectivity index (χ4n) is 3.81. The van der Waals surface area contributed by atoms with Crippen LogP contribution in [0.1, 0.15) is 34.9 Å². The standard InChI is InChI=1S/C22H24ClN5O/c1-4-20-18-11-22(23)26-12-16(18)10-21(28(20)24-3)19-13-25-17(9-15(19)2)14-27-5-7-29-8-6-27/h4,9-13H,3,5-8,14H2,1-2H3/b20-4-. The molecule has 2 aromatic heterocycles. The van der Waals surface area contributed by atoms with Crippen LogP contribution in [0, 0.1) is 6.92 Å². The van der Waals surface area contributed by atoms with Gasteiger partial charge >= 0.3 is 0 Å². The first kappa shape index (κ1) is 19.8. The molecule has 0 bridgehead atoms. The Morgan fingerprint density at radius 2 is 2.00 bits per heavy atom.